The van der Waals surface area contributed by atoms with Crippen LogP contribution in [0.4, 0.5) is 0 Å². The zero-order valence-corrected chi connectivity index (χ0v) is 49.2. The second-order valence-electron chi connectivity index (χ2n) is 22.1. The number of nitrogens with two attached hydrogens (primary N) is 5. The van der Waals surface area contributed by atoms with E-state index in [9.17, 15) is 72.2 Å². The number of aromatic nitrogens is 1. The minimum atomic E-state index is -1.70. The average molecular weight is 1220 g/mol. The molecule has 1 saturated heterocycles. The van der Waals surface area contributed by atoms with E-state index in [0.717, 1.165) is 10.5 Å². The standard InChI is InChI=1S/C57H81N15O15/c1-28(2)46(55(84)69-40(57(86)87)26-45(62)76)70-48(77)30(5)64-53(82)41-16-11-23-72(41)56(85)38(19-22-44(61)75)67-52(81)39(25-32-27-63-35-15-10-9-14-33(32)35)68-51(80)36(17-20-42(59)73)65-50(79)37(18-21-43(60)74)66-54(83)47(29(3)4)71-49(78)34(58)24-31-12-7-6-8-13-31/h6-10,12-15,27-30,34,36-41,46-47,63H,11,16-26,58H2,1-5H3,(H2,59,73)(H2,60,74)(H2,61,75)(H2,62,76)(H,64,82)(H,65,79)(H,66,83)(H,67,81)(H,68,80)(H,69,84)(H,70,77)(H,71,78)(H,86,87)/t30-,34-,36-,37-,38-,39-,40-,41-,46-,47-/m0/s1. The van der Waals surface area contributed by atoms with Gasteiger partial charge in [0.2, 0.25) is 76.8 Å². The van der Waals surface area contributed by atoms with Crippen LogP contribution in [0.25, 0.3) is 10.9 Å². The molecule has 87 heavy (non-hydrogen) atoms. The van der Waals surface area contributed by atoms with Gasteiger partial charge >= 0.3 is 5.97 Å². The summed E-state index contributed by atoms with van der Waals surface area (Å²) in [6.07, 6.45) is -1.65. The number of amides is 13. The topological polar surface area (TPSA) is 505 Å². The SMILES string of the molecule is CC(C)[C@H](NC(=O)[C@H](C)NC(=O)[C@@H]1CCCN1C(=O)[C@H](CCC(N)=O)NC(=O)[C@H](Cc1c[nH]c2ccccc12)NC(=O)[C@H](CCC(N)=O)NC(=O)[C@H](CCC(N)=O)NC(=O)[C@@H](NC(=O)[C@@H](N)Cc1ccccc1)C(C)C)C(=O)N[C@@H](CC(N)=O)C(=O)O. The Morgan fingerprint density at radius 2 is 1.01 bits per heavy atom. The monoisotopic (exact) mass is 1220 g/mol. The maximum atomic E-state index is 14.8. The van der Waals surface area contributed by atoms with Crippen LogP contribution in [0, 0.1) is 11.8 Å². The zero-order valence-electron chi connectivity index (χ0n) is 49.2. The molecule has 474 valence electrons. The number of hydrogen-bond acceptors (Lipinski definition) is 15. The Labute approximate surface area is 501 Å². The van der Waals surface area contributed by atoms with Gasteiger partial charge in [-0.15, -0.1) is 0 Å². The van der Waals surface area contributed by atoms with Crippen molar-refractivity contribution in [3.05, 3.63) is 71.9 Å². The predicted octanol–water partition coefficient (Wildman–Crippen LogP) is -3.76. The lowest BCUT2D eigenvalue weighted by Crippen LogP contribution is -2.61. The molecule has 1 aliphatic heterocycles. The summed E-state index contributed by atoms with van der Waals surface area (Å²) in [5, 5.41) is 30.1. The van der Waals surface area contributed by atoms with Gasteiger partial charge in [0, 0.05) is 49.3 Å². The van der Waals surface area contributed by atoms with Crippen molar-refractivity contribution in [1.82, 2.24) is 52.4 Å². The van der Waals surface area contributed by atoms with E-state index < -0.39 is 200 Å². The molecule has 3 aromatic rings. The first-order valence-corrected chi connectivity index (χ1v) is 28.4. The number of nitrogens with one attached hydrogen (secondary N) is 9. The zero-order chi connectivity index (χ0) is 64.8. The Balaban J connectivity index is 1.60. The molecule has 30 heteroatoms. The molecule has 4 rings (SSSR count). The largest absolute Gasteiger partial charge is 0.480 e. The van der Waals surface area contributed by atoms with Crippen molar-refractivity contribution in [3.63, 3.8) is 0 Å². The number of carboxylic acids is 1. The third kappa shape index (κ3) is 21.8. The van der Waals surface area contributed by atoms with Gasteiger partial charge in [-0.25, -0.2) is 4.79 Å². The number of carboxylic acid groups (broad SMARTS) is 1. The number of carbonyl (C=O) groups is 14. The van der Waals surface area contributed by atoms with Crippen molar-refractivity contribution < 1.29 is 72.2 Å². The first-order valence-electron chi connectivity index (χ1n) is 28.4. The van der Waals surface area contributed by atoms with Gasteiger partial charge in [0.05, 0.1) is 12.5 Å². The molecule has 0 saturated carbocycles. The number of carbonyl (C=O) groups excluding carboxylic acids is 13. The van der Waals surface area contributed by atoms with Crippen LogP contribution in [0.2, 0.25) is 0 Å². The van der Waals surface area contributed by atoms with E-state index in [4.69, 9.17) is 28.7 Å². The molecule has 0 unspecified atom stereocenters. The van der Waals surface area contributed by atoms with Crippen LogP contribution in [-0.4, -0.2) is 165 Å². The van der Waals surface area contributed by atoms with Gasteiger partial charge in [-0.05, 0) is 74.5 Å². The number of H-pyrrole nitrogens is 1. The fraction of sp³-hybridized carbons (Fsp3) is 0.509. The quantitative estimate of drug-likeness (QED) is 0.0269. The van der Waals surface area contributed by atoms with Crippen LogP contribution in [0.15, 0.2) is 60.8 Å². The third-order valence-corrected chi connectivity index (χ3v) is 14.4. The Morgan fingerprint density at radius 1 is 0.540 bits per heavy atom. The molecule has 13 amide bonds. The lowest BCUT2D eigenvalue weighted by molar-refractivity contribution is -0.144. The van der Waals surface area contributed by atoms with Crippen molar-refractivity contribution in [2.75, 3.05) is 6.54 Å². The maximum Gasteiger partial charge on any atom is 0.326 e. The lowest BCUT2D eigenvalue weighted by Gasteiger charge is -2.31. The molecule has 0 aliphatic carbocycles. The molecule has 0 radical (unpaired) electrons. The van der Waals surface area contributed by atoms with Crippen molar-refractivity contribution in [3.8, 4) is 0 Å². The smallest absolute Gasteiger partial charge is 0.326 e. The summed E-state index contributed by atoms with van der Waals surface area (Å²) in [7, 11) is 0. The summed E-state index contributed by atoms with van der Waals surface area (Å²) in [5.74, 6) is -14.5. The molecule has 1 aromatic heterocycles. The maximum absolute atomic E-state index is 14.8. The molecule has 10 atom stereocenters. The highest BCUT2D eigenvalue weighted by Crippen LogP contribution is 2.22. The van der Waals surface area contributed by atoms with E-state index >= 15 is 0 Å². The summed E-state index contributed by atoms with van der Waals surface area (Å²) < 4.78 is 0. The van der Waals surface area contributed by atoms with Gasteiger partial charge in [-0.3, -0.25) is 62.3 Å². The van der Waals surface area contributed by atoms with Crippen LogP contribution in [0.5, 0.6) is 0 Å². The van der Waals surface area contributed by atoms with E-state index in [-0.39, 0.29) is 32.2 Å². The van der Waals surface area contributed by atoms with E-state index in [2.05, 4.69) is 47.5 Å². The number of nitrogens with zero attached hydrogens (tertiary/aromatic N) is 1. The minimum absolute atomic E-state index is 0.0423. The van der Waals surface area contributed by atoms with Crippen LogP contribution < -0.4 is 71.2 Å². The van der Waals surface area contributed by atoms with Crippen molar-refractivity contribution in [1.29, 1.82) is 0 Å². The van der Waals surface area contributed by atoms with Gasteiger partial charge in [0.1, 0.15) is 54.4 Å². The number of primary amides is 4. The molecule has 1 fully saturated rings. The van der Waals surface area contributed by atoms with Crippen LogP contribution in [-0.2, 0) is 80.0 Å². The fourth-order valence-electron chi connectivity index (χ4n) is 9.57. The Hall–Kier alpha value is -9.48. The normalized spacial score (nSPS) is 16.0. The molecular formula is C57H81N15O15. The van der Waals surface area contributed by atoms with Gasteiger partial charge < -0.3 is 86.2 Å². The van der Waals surface area contributed by atoms with Gasteiger partial charge in [0.15, 0.2) is 0 Å². The van der Waals surface area contributed by atoms with Crippen molar-refractivity contribution in [2.45, 2.75) is 166 Å². The summed E-state index contributed by atoms with van der Waals surface area (Å²) in [6, 6.07) is 1.39. The number of hydrogen-bond donors (Lipinski definition) is 15. The molecule has 0 spiro atoms. The molecule has 20 N–H and O–H groups in total. The second kappa shape index (κ2) is 33.3. The fourth-order valence-corrected chi connectivity index (χ4v) is 9.57. The van der Waals surface area contributed by atoms with E-state index in [0.29, 0.717) is 16.5 Å². The highest BCUT2D eigenvalue weighted by molar-refractivity contribution is 6.00. The van der Waals surface area contributed by atoms with Crippen molar-refractivity contribution >= 4 is 93.7 Å². The van der Waals surface area contributed by atoms with E-state index in [1.807, 2.05) is 0 Å². The Morgan fingerprint density at radius 3 is 1.54 bits per heavy atom. The van der Waals surface area contributed by atoms with E-state index in [1.165, 1.54) is 6.92 Å². The average Bonchev–Trinajstić information content (AvgIpc) is 2.52. The Bertz CT molecular complexity index is 3010. The first kappa shape index (κ1) is 70.0. The number of rotatable bonds is 35. The number of aromatic amines is 1. The first-order chi connectivity index (χ1) is 41.0. The molecule has 2 aromatic carbocycles. The third-order valence-electron chi connectivity index (χ3n) is 14.4. The lowest BCUT2D eigenvalue weighted by atomic mass is 10.00. The number of fused-ring (bicyclic) bond motifs is 1. The summed E-state index contributed by atoms with van der Waals surface area (Å²) in [5.41, 5.74) is 29.7. The van der Waals surface area contributed by atoms with Gasteiger partial charge in [-0.1, -0.05) is 76.2 Å². The minimum Gasteiger partial charge on any atom is -0.480 e. The van der Waals surface area contributed by atoms with Gasteiger partial charge in [0.25, 0.3) is 0 Å². The van der Waals surface area contributed by atoms with Crippen molar-refractivity contribution in [2.24, 2.45) is 40.5 Å². The number of para-hydroxylation sites is 1. The van der Waals surface area contributed by atoms with Gasteiger partial charge in [-0.2, -0.15) is 0 Å². The molecule has 30 nitrogen and oxygen atoms in total. The highest BCUT2D eigenvalue weighted by Gasteiger charge is 2.41. The molecule has 0 bridgehead atoms. The molecule has 2 heterocycles. The molecule has 1 aliphatic rings. The second-order valence-corrected chi connectivity index (χ2v) is 22.1. The summed E-state index contributed by atoms with van der Waals surface area (Å²) >= 11 is 0. The summed E-state index contributed by atoms with van der Waals surface area (Å²) in [6.45, 7) is 7.59. The number of aliphatic carboxylic acids is 1. The Kier molecular flexibility index (Phi) is 26.8. The molecular weight excluding hydrogens is 1130 g/mol. The predicted molar refractivity (Wildman–Crippen MR) is 312 cm³/mol. The highest BCUT2D eigenvalue weighted by atomic mass is 16.4. The van der Waals surface area contributed by atoms with E-state index in [1.54, 1.807) is 88.5 Å². The number of likely N-dealkylation sites (tertiary alicyclic amines) is 1. The van der Waals surface area contributed by atoms with Crippen LogP contribution in [0.1, 0.15) is 104 Å². The van der Waals surface area contributed by atoms with Crippen LogP contribution in [0.3, 0.4) is 0 Å². The van der Waals surface area contributed by atoms with Crippen LogP contribution >= 0.6 is 0 Å². The summed E-state index contributed by atoms with van der Waals surface area (Å²) in [4.78, 5) is 190. The number of benzene rings is 2.